The SMILES string of the molecule is C(=C\c1ccc2c(c1)c1ccccc1n2-c1ccccc1)/c1ccc2c(Cc3ccccc3)cc3ccccc3c2c1. The first-order valence-corrected chi connectivity index (χ1v) is 14.6. The van der Waals surface area contributed by atoms with E-state index in [1.54, 1.807) is 0 Å². The third kappa shape index (κ3) is 4.27. The molecule has 0 bridgehead atoms. The van der Waals surface area contributed by atoms with Crippen LogP contribution in [-0.4, -0.2) is 4.57 Å². The fraction of sp³-hybridized carbons (Fsp3) is 0.0244. The molecule has 0 saturated carbocycles. The Hall–Kier alpha value is -5.40. The van der Waals surface area contributed by atoms with Crippen LogP contribution in [0.2, 0.25) is 0 Å². The minimum Gasteiger partial charge on any atom is -0.309 e. The summed E-state index contributed by atoms with van der Waals surface area (Å²) in [5, 5.41) is 7.76. The van der Waals surface area contributed by atoms with E-state index in [1.165, 1.54) is 71.3 Å². The molecule has 0 aliphatic rings. The minimum absolute atomic E-state index is 0.925. The predicted octanol–water partition coefficient (Wildman–Crippen LogP) is 10.9. The van der Waals surface area contributed by atoms with Gasteiger partial charge in [-0.1, -0.05) is 127 Å². The van der Waals surface area contributed by atoms with Gasteiger partial charge in [0.2, 0.25) is 0 Å². The zero-order valence-electron chi connectivity index (χ0n) is 23.2. The second kappa shape index (κ2) is 10.2. The van der Waals surface area contributed by atoms with Crippen molar-refractivity contribution in [1.82, 2.24) is 4.57 Å². The van der Waals surface area contributed by atoms with Gasteiger partial charge in [-0.05, 0) is 86.6 Å². The highest BCUT2D eigenvalue weighted by Gasteiger charge is 2.12. The third-order valence-corrected chi connectivity index (χ3v) is 8.39. The smallest absolute Gasteiger partial charge is 0.0541 e. The highest BCUT2D eigenvalue weighted by Crippen LogP contribution is 2.34. The van der Waals surface area contributed by atoms with E-state index in [0.717, 1.165) is 6.42 Å². The average molecular weight is 536 g/mol. The molecule has 42 heavy (non-hydrogen) atoms. The van der Waals surface area contributed by atoms with Crippen LogP contribution in [0.1, 0.15) is 22.3 Å². The molecular weight excluding hydrogens is 506 g/mol. The molecule has 1 heterocycles. The molecule has 0 radical (unpaired) electrons. The number of para-hydroxylation sites is 2. The number of nitrogens with zero attached hydrogens (tertiary/aromatic N) is 1. The standard InChI is InChI=1S/C41H29N/c1-3-11-29(12-4-1)25-33-28-32-13-7-8-16-35(32)38-26-30(21-23-36(33)38)19-20-31-22-24-41-39(27-31)37-17-9-10-18-40(37)42(41)34-14-5-2-6-15-34/h1-24,26-28H,25H2/b20-19+. The van der Waals surface area contributed by atoms with Crippen LogP contribution in [0.4, 0.5) is 0 Å². The molecule has 8 aromatic rings. The molecule has 0 fully saturated rings. The molecule has 1 aromatic heterocycles. The first-order chi connectivity index (χ1) is 20.8. The van der Waals surface area contributed by atoms with E-state index in [9.17, 15) is 0 Å². The van der Waals surface area contributed by atoms with E-state index in [1.807, 2.05) is 0 Å². The maximum absolute atomic E-state index is 2.36. The number of hydrogen-bond donors (Lipinski definition) is 0. The van der Waals surface area contributed by atoms with Crippen LogP contribution < -0.4 is 0 Å². The molecule has 8 rings (SSSR count). The molecule has 0 amide bonds. The monoisotopic (exact) mass is 535 g/mol. The van der Waals surface area contributed by atoms with Crippen molar-refractivity contribution >= 4 is 55.5 Å². The zero-order chi connectivity index (χ0) is 27.9. The van der Waals surface area contributed by atoms with Gasteiger partial charge in [0.15, 0.2) is 0 Å². The van der Waals surface area contributed by atoms with Crippen LogP contribution in [-0.2, 0) is 6.42 Å². The number of hydrogen-bond acceptors (Lipinski definition) is 0. The summed E-state index contributed by atoms with van der Waals surface area (Å²) in [5.41, 5.74) is 8.74. The zero-order valence-corrected chi connectivity index (χ0v) is 23.2. The van der Waals surface area contributed by atoms with Crippen LogP contribution >= 0.6 is 0 Å². The molecule has 1 heteroatoms. The lowest BCUT2D eigenvalue weighted by Gasteiger charge is -2.12. The molecule has 0 atom stereocenters. The van der Waals surface area contributed by atoms with Gasteiger partial charge in [0, 0.05) is 16.5 Å². The first kappa shape index (κ1) is 24.4. The van der Waals surface area contributed by atoms with Gasteiger partial charge < -0.3 is 4.57 Å². The van der Waals surface area contributed by atoms with Crippen molar-refractivity contribution in [3.63, 3.8) is 0 Å². The Morgan fingerprint density at radius 2 is 1.05 bits per heavy atom. The highest BCUT2D eigenvalue weighted by atomic mass is 15.0. The molecule has 7 aromatic carbocycles. The van der Waals surface area contributed by atoms with Gasteiger partial charge >= 0.3 is 0 Å². The van der Waals surface area contributed by atoms with E-state index >= 15 is 0 Å². The van der Waals surface area contributed by atoms with Gasteiger partial charge in [0.1, 0.15) is 0 Å². The lowest BCUT2D eigenvalue weighted by atomic mass is 9.92. The van der Waals surface area contributed by atoms with Crippen molar-refractivity contribution in [2.45, 2.75) is 6.42 Å². The molecule has 0 unspecified atom stereocenters. The summed E-state index contributed by atoms with van der Waals surface area (Å²) in [5.74, 6) is 0. The second-order valence-electron chi connectivity index (χ2n) is 11.0. The lowest BCUT2D eigenvalue weighted by Crippen LogP contribution is -1.92. The van der Waals surface area contributed by atoms with Crippen molar-refractivity contribution in [3.05, 3.63) is 174 Å². The Bertz CT molecular complexity index is 2250. The van der Waals surface area contributed by atoms with E-state index in [0.29, 0.717) is 0 Å². The van der Waals surface area contributed by atoms with Crippen LogP contribution in [0.25, 0.3) is 61.2 Å². The largest absolute Gasteiger partial charge is 0.309 e. The molecule has 0 N–H and O–H groups in total. The fourth-order valence-corrected chi connectivity index (χ4v) is 6.41. The van der Waals surface area contributed by atoms with Crippen LogP contribution in [0, 0.1) is 0 Å². The van der Waals surface area contributed by atoms with E-state index < -0.39 is 0 Å². The normalized spacial score (nSPS) is 11.8. The van der Waals surface area contributed by atoms with Crippen molar-refractivity contribution < 1.29 is 0 Å². The topological polar surface area (TPSA) is 4.93 Å². The van der Waals surface area contributed by atoms with E-state index in [4.69, 9.17) is 0 Å². The summed E-state index contributed by atoms with van der Waals surface area (Å²) < 4.78 is 2.36. The highest BCUT2D eigenvalue weighted by molar-refractivity contribution is 6.11. The average Bonchev–Trinajstić information content (AvgIpc) is 3.38. The van der Waals surface area contributed by atoms with Gasteiger partial charge in [0.05, 0.1) is 11.0 Å². The Morgan fingerprint density at radius 1 is 0.429 bits per heavy atom. The summed E-state index contributed by atoms with van der Waals surface area (Å²) in [6, 6.07) is 54.9. The predicted molar refractivity (Wildman–Crippen MR) is 180 cm³/mol. The number of rotatable bonds is 5. The van der Waals surface area contributed by atoms with Gasteiger partial charge in [-0.2, -0.15) is 0 Å². The summed E-state index contributed by atoms with van der Waals surface area (Å²) in [6.45, 7) is 0. The quantitative estimate of drug-likeness (QED) is 0.153. The Morgan fingerprint density at radius 3 is 1.86 bits per heavy atom. The molecule has 0 aliphatic heterocycles. The van der Waals surface area contributed by atoms with Crippen molar-refractivity contribution in [1.29, 1.82) is 0 Å². The van der Waals surface area contributed by atoms with E-state index in [2.05, 4.69) is 168 Å². The molecule has 0 spiro atoms. The van der Waals surface area contributed by atoms with Crippen molar-refractivity contribution in [2.24, 2.45) is 0 Å². The van der Waals surface area contributed by atoms with Gasteiger partial charge in [0.25, 0.3) is 0 Å². The Balaban J connectivity index is 1.21. The molecular formula is C41H29N. The minimum atomic E-state index is 0.925. The number of aromatic nitrogens is 1. The second-order valence-corrected chi connectivity index (χ2v) is 11.0. The van der Waals surface area contributed by atoms with E-state index in [-0.39, 0.29) is 0 Å². The summed E-state index contributed by atoms with van der Waals surface area (Å²) in [4.78, 5) is 0. The summed E-state index contributed by atoms with van der Waals surface area (Å²) in [6.07, 6.45) is 5.41. The van der Waals surface area contributed by atoms with Crippen LogP contribution in [0.15, 0.2) is 152 Å². The molecule has 0 aliphatic carbocycles. The maximum atomic E-state index is 2.36. The lowest BCUT2D eigenvalue weighted by molar-refractivity contribution is 1.18. The Labute approximate surface area is 245 Å². The first-order valence-electron chi connectivity index (χ1n) is 14.6. The third-order valence-electron chi connectivity index (χ3n) is 8.39. The molecule has 0 saturated heterocycles. The Kier molecular flexibility index (Phi) is 5.93. The van der Waals surface area contributed by atoms with Crippen LogP contribution in [0.5, 0.6) is 0 Å². The number of benzene rings is 7. The van der Waals surface area contributed by atoms with Gasteiger partial charge in [-0.3, -0.25) is 0 Å². The van der Waals surface area contributed by atoms with Crippen LogP contribution in [0.3, 0.4) is 0 Å². The summed E-state index contributed by atoms with van der Waals surface area (Å²) in [7, 11) is 0. The molecule has 198 valence electrons. The summed E-state index contributed by atoms with van der Waals surface area (Å²) >= 11 is 0. The van der Waals surface area contributed by atoms with Crippen molar-refractivity contribution in [2.75, 3.05) is 0 Å². The van der Waals surface area contributed by atoms with Gasteiger partial charge in [-0.25, -0.2) is 0 Å². The number of fused-ring (bicyclic) bond motifs is 6. The van der Waals surface area contributed by atoms with Gasteiger partial charge in [-0.15, -0.1) is 0 Å². The van der Waals surface area contributed by atoms with Crippen molar-refractivity contribution in [3.8, 4) is 5.69 Å². The maximum Gasteiger partial charge on any atom is 0.0541 e. The fourth-order valence-electron chi connectivity index (χ4n) is 6.41. The molecule has 1 nitrogen and oxygen atoms in total.